The lowest BCUT2D eigenvalue weighted by Crippen LogP contribution is -2.46. The van der Waals surface area contributed by atoms with Gasteiger partial charge in [-0.05, 0) is 38.5 Å². The van der Waals surface area contributed by atoms with Crippen LogP contribution in [0.5, 0.6) is 0 Å². The average molecular weight is 731 g/mol. The molecule has 50 heavy (non-hydrogen) atoms. The molecule has 0 aliphatic carbocycles. The van der Waals surface area contributed by atoms with Crippen LogP contribution < -0.4 is 11.1 Å². The molecule has 0 aliphatic rings. The lowest BCUT2D eigenvalue weighted by atomic mass is 10.0. The summed E-state index contributed by atoms with van der Waals surface area (Å²) < 4.78 is 22.1. The maximum atomic E-state index is 12.8. The normalized spacial score (nSPS) is 14.3. The van der Waals surface area contributed by atoms with Crippen molar-refractivity contribution in [3.8, 4) is 0 Å². The van der Waals surface area contributed by atoms with Crippen LogP contribution in [0, 0.1) is 0 Å². The Balaban J connectivity index is 4.15. The number of unbranched alkanes of at least 4 members (excludes halogenated alkanes) is 26. The minimum Gasteiger partial charge on any atom is -0.391 e. The van der Waals surface area contributed by atoms with E-state index in [1.807, 2.05) is 0 Å². The second-order valence-electron chi connectivity index (χ2n) is 14.6. The third-order valence-corrected chi connectivity index (χ3v) is 10.6. The molecule has 0 radical (unpaired) electrons. The zero-order valence-corrected chi connectivity index (χ0v) is 33.8. The standard InChI is InChI=1S/C41H83N2O6P/c1-3-5-7-9-11-13-15-17-18-19-20-21-23-25-27-29-31-33-35-41(45)43-39(38-49-50(46,47)48-37-36-42)40(44)34-32-30-28-26-24-22-16-14-12-10-8-6-4-2/h18-19,39-40,44H,3-17,20-38,42H2,1-2H3,(H,43,45)(H,46,47)/b19-18-. The number of nitrogens with one attached hydrogen (secondary N) is 1. The minimum absolute atomic E-state index is 0.0898. The first-order valence-corrected chi connectivity index (χ1v) is 22.8. The van der Waals surface area contributed by atoms with Crippen molar-refractivity contribution in [2.45, 2.75) is 225 Å². The predicted octanol–water partition coefficient (Wildman–Crippen LogP) is 11.6. The second kappa shape index (κ2) is 38.0. The van der Waals surface area contributed by atoms with E-state index in [2.05, 4.69) is 31.3 Å². The summed E-state index contributed by atoms with van der Waals surface area (Å²) in [7, 11) is -4.31. The van der Waals surface area contributed by atoms with Crippen LogP contribution in [0.2, 0.25) is 0 Å². The topological polar surface area (TPSA) is 131 Å². The molecular weight excluding hydrogens is 647 g/mol. The van der Waals surface area contributed by atoms with E-state index >= 15 is 0 Å². The first-order valence-electron chi connectivity index (χ1n) is 21.3. The molecule has 8 nitrogen and oxygen atoms in total. The summed E-state index contributed by atoms with van der Waals surface area (Å²) in [6.45, 7) is 4.21. The summed E-state index contributed by atoms with van der Waals surface area (Å²) in [6.07, 6.45) is 40.7. The molecule has 3 atom stereocenters. The highest BCUT2D eigenvalue weighted by molar-refractivity contribution is 7.47. The highest BCUT2D eigenvalue weighted by Gasteiger charge is 2.27. The monoisotopic (exact) mass is 731 g/mol. The van der Waals surface area contributed by atoms with Crippen molar-refractivity contribution in [3.63, 3.8) is 0 Å². The largest absolute Gasteiger partial charge is 0.472 e. The molecule has 5 N–H and O–H groups in total. The van der Waals surface area contributed by atoms with Gasteiger partial charge in [0.1, 0.15) is 0 Å². The molecule has 0 bridgehead atoms. The lowest BCUT2D eigenvalue weighted by molar-refractivity contribution is -0.123. The number of nitrogens with two attached hydrogens (primary N) is 1. The van der Waals surface area contributed by atoms with Gasteiger partial charge in [-0.3, -0.25) is 13.8 Å². The number of hydrogen-bond donors (Lipinski definition) is 4. The van der Waals surface area contributed by atoms with Crippen molar-refractivity contribution in [2.75, 3.05) is 19.8 Å². The molecule has 0 saturated carbocycles. The van der Waals surface area contributed by atoms with Crippen molar-refractivity contribution in [2.24, 2.45) is 5.73 Å². The number of hydrogen-bond acceptors (Lipinski definition) is 6. The molecule has 0 aromatic rings. The van der Waals surface area contributed by atoms with Crippen molar-refractivity contribution in [1.82, 2.24) is 5.32 Å². The number of phosphoric ester groups is 1. The molecule has 0 saturated heterocycles. The quantitative estimate of drug-likeness (QED) is 0.0280. The third-order valence-electron chi connectivity index (χ3n) is 9.62. The Morgan fingerprint density at radius 1 is 0.640 bits per heavy atom. The Morgan fingerprint density at radius 3 is 1.48 bits per heavy atom. The van der Waals surface area contributed by atoms with E-state index in [0.717, 1.165) is 38.5 Å². The molecule has 3 unspecified atom stereocenters. The van der Waals surface area contributed by atoms with E-state index in [0.29, 0.717) is 12.8 Å². The van der Waals surface area contributed by atoms with Gasteiger partial charge < -0.3 is 21.1 Å². The molecule has 9 heteroatoms. The number of aliphatic hydroxyl groups is 1. The summed E-state index contributed by atoms with van der Waals surface area (Å²) in [5.74, 6) is -0.165. The van der Waals surface area contributed by atoms with Crippen LogP contribution in [0.25, 0.3) is 0 Å². The average Bonchev–Trinajstić information content (AvgIpc) is 3.10. The molecule has 0 aromatic heterocycles. The minimum atomic E-state index is -4.31. The van der Waals surface area contributed by atoms with E-state index in [1.54, 1.807) is 0 Å². The van der Waals surface area contributed by atoms with Gasteiger partial charge in [0, 0.05) is 13.0 Å². The van der Waals surface area contributed by atoms with Crippen LogP contribution in [0.3, 0.4) is 0 Å². The lowest BCUT2D eigenvalue weighted by Gasteiger charge is -2.25. The fourth-order valence-corrected chi connectivity index (χ4v) is 7.13. The van der Waals surface area contributed by atoms with Crippen LogP contribution in [-0.4, -0.2) is 47.8 Å². The summed E-state index contributed by atoms with van der Waals surface area (Å²) in [4.78, 5) is 22.7. The second-order valence-corrected chi connectivity index (χ2v) is 16.0. The van der Waals surface area contributed by atoms with Crippen LogP contribution in [-0.2, 0) is 18.4 Å². The van der Waals surface area contributed by atoms with Gasteiger partial charge in [-0.15, -0.1) is 0 Å². The molecule has 298 valence electrons. The first kappa shape index (κ1) is 49.2. The number of allylic oxidation sites excluding steroid dienone is 2. The Labute approximate surface area is 309 Å². The van der Waals surface area contributed by atoms with Gasteiger partial charge >= 0.3 is 7.82 Å². The molecule has 0 heterocycles. The summed E-state index contributed by atoms with van der Waals surface area (Å²) >= 11 is 0. The molecular formula is C41H83N2O6P. The number of aliphatic hydroxyl groups excluding tert-OH is 1. The Morgan fingerprint density at radius 2 is 1.04 bits per heavy atom. The zero-order chi connectivity index (χ0) is 36.8. The maximum Gasteiger partial charge on any atom is 0.472 e. The molecule has 0 spiro atoms. The Hall–Kier alpha value is -0.760. The smallest absolute Gasteiger partial charge is 0.391 e. The number of carbonyl (C=O) groups is 1. The van der Waals surface area contributed by atoms with Gasteiger partial charge in [-0.1, -0.05) is 180 Å². The summed E-state index contributed by atoms with van der Waals surface area (Å²) in [5, 5.41) is 13.8. The molecule has 0 rings (SSSR count). The number of amides is 1. The third kappa shape index (κ3) is 35.6. The van der Waals surface area contributed by atoms with E-state index < -0.39 is 20.0 Å². The summed E-state index contributed by atoms with van der Waals surface area (Å²) in [6, 6.07) is -0.772. The molecule has 1 amide bonds. The van der Waals surface area contributed by atoms with Crippen LogP contribution in [0.15, 0.2) is 12.2 Å². The van der Waals surface area contributed by atoms with E-state index in [9.17, 15) is 19.4 Å². The SMILES string of the molecule is CCCCCCCCC/C=C\CCCCCCCCCC(=O)NC(COP(=O)(O)OCCN)C(O)CCCCCCCCCCCCCCC. The van der Waals surface area contributed by atoms with Crippen molar-refractivity contribution < 1.29 is 28.4 Å². The van der Waals surface area contributed by atoms with Crippen molar-refractivity contribution in [3.05, 3.63) is 12.2 Å². The van der Waals surface area contributed by atoms with Gasteiger partial charge in [0.05, 0.1) is 25.4 Å². The molecule has 0 aromatic carbocycles. The van der Waals surface area contributed by atoms with E-state index in [4.69, 9.17) is 14.8 Å². The van der Waals surface area contributed by atoms with Crippen LogP contribution in [0.1, 0.15) is 213 Å². The van der Waals surface area contributed by atoms with Crippen LogP contribution >= 0.6 is 7.82 Å². The van der Waals surface area contributed by atoms with Gasteiger partial charge in [-0.2, -0.15) is 0 Å². The van der Waals surface area contributed by atoms with Crippen molar-refractivity contribution in [1.29, 1.82) is 0 Å². The summed E-state index contributed by atoms with van der Waals surface area (Å²) in [5.41, 5.74) is 5.37. The maximum absolute atomic E-state index is 12.8. The number of rotatable bonds is 40. The first-order chi connectivity index (χ1) is 24.4. The predicted molar refractivity (Wildman–Crippen MR) is 212 cm³/mol. The molecule has 0 fully saturated rings. The number of carbonyl (C=O) groups excluding carboxylic acids is 1. The van der Waals surface area contributed by atoms with Gasteiger partial charge in [0.15, 0.2) is 0 Å². The van der Waals surface area contributed by atoms with Gasteiger partial charge in [0.25, 0.3) is 0 Å². The number of phosphoric acid groups is 1. The highest BCUT2D eigenvalue weighted by Crippen LogP contribution is 2.43. The van der Waals surface area contributed by atoms with E-state index in [-0.39, 0.29) is 25.7 Å². The Kier molecular flexibility index (Phi) is 37.4. The Bertz CT molecular complexity index is 799. The molecule has 0 aliphatic heterocycles. The fraction of sp³-hybridized carbons (Fsp3) is 0.927. The highest BCUT2D eigenvalue weighted by atomic mass is 31.2. The van der Waals surface area contributed by atoms with Crippen molar-refractivity contribution >= 4 is 13.7 Å². The fourth-order valence-electron chi connectivity index (χ4n) is 6.37. The van der Waals surface area contributed by atoms with Gasteiger partial charge in [0.2, 0.25) is 5.91 Å². The van der Waals surface area contributed by atoms with E-state index in [1.165, 1.54) is 148 Å². The van der Waals surface area contributed by atoms with Gasteiger partial charge in [-0.25, -0.2) is 4.57 Å². The zero-order valence-electron chi connectivity index (χ0n) is 32.9. The van der Waals surface area contributed by atoms with Crippen LogP contribution in [0.4, 0.5) is 0 Å².